The molecule has 0 unspecified atom stereocenters. The Hall–Kier alpha value is -2.67. The number of ether oxygens (including phenoxy) is 1. The lowest BCUT2D eigenvalue weighted by atomic mass is 10.2. The van der Waals surface area contributed by atoms with Crippen molar-refractivity contribution in [1.29, 1.82) is 0 Å². The maximum atomic E-state index is 5.72. The van der Waals surface area contributed by atoms with Crippen LogP contribution < -0.4 is 4.74 Å². The van der Waals surface area contributed by atoms with E-state index in [9.17, 15) is 0 Å². The van der Waals surface area contributed by atoms with Gasteiger partial charge in [0.1, 0.15) is 11.6 Å². The monoisotopic (exact) mass is 353 g/mol. The standard InChI is InChI=1S/C19H23N5O2/c1-14-11-16(22-26-14)13-23-8-9-24-17(12-21-19(24)15(23)2)6-10-25-18-5-3-4-7-20-18/h3-5,7,11-12,15H,6,8-10,13H2,1-2H3/t15-/m0/s1. The van der Waals surface area contributed by atoms with Gasteiger partial charge in [-0.15, -0.1) is 0 Å². The van der Waals surface area contributed by atoms with Gasteiger partial charge in [0.25, 0.3) is 0 Å². The molecule has 0 amide bonds. The Bertz CT molecular complexity index is 858. The van der Waals surface area contributed by atoms with E-state index in [-0.39, 0.29) is 6.04 Å². The first kappa shape index (κ1) is 16.8. The summed E-state index contributed by atoms with van der Waals surface area (Å²) in [6.45, 7) is 7.38. The second-order valence-electron chi connectivity index (χ2n) is 6.60. The van der Waals surface area contributed by atoms with Gasteiger partial charge in [0, 0.05) is 56.3 Å². The fourth-order valence-corrected chi connectivity index (χ4v) is 3.41. The zero-order valence-electron chi connectivity index (χ0n) is 15.1. The van der Waals surface area contributed by atoms with Gasteiger partial charge in [-0.3, -0.25) is 4.90 Å². The molecule has 0 spiro atoms. The molecular weight excluding hydrogens is 330 g/mol. The highest BCUT2D eigenvalue weighted by Crippen LogP contribution is 2.27. The van der Waals surface area contributed by atoms with E-state index in [2.05, 4.69) is 31.5 Å². The van der Waals surface area contributed by atoms with Crippen LogP contribution in [0.15, 0.2) is 41.2 Å². The number of imidazole rings is 1. The largest absolute Gasteiger partial charge is 0.477 e. The summed E-state index contributed by atoms with van der Waals surface area (Å²) in [5.41, 5.74) is 2.18. The fraction of sp³-hybridized carbons (Fsp3) is 0.421. The van der Waals surface area contributed by atoms with E-state index in [0.29, 0.717) is 12.5 Å². The Morgan fingerprint density at radius 3 is 2.96 bits per heavy atom. The Morgan fingerprint density at radius 1 is 1.27 bits per heavy atom. The molecule has 0 radical (unpaired) electrons. The van der Waals surface area contributed by atoms with E-state index >= 15 is 0 Å². The average Bonchev–Trinajstić information content (AvgIpc) is 3.25. The predicted octanol–water partition coefficient (Wildman–Crippen LogP) is 2.77. The first-order chi connectivity index (χ1) is 12.7. The van der Waals surface area contributed by atoms with Gasteiger partial charge in [0.15, 0.2) is 0 Å². The SMILES string of the molecule is Cc1cc(CN2CCn3c(CCOc4ccccn4)cnc3[C@@H]2C)no1. The quantitative estimate of drug-likeness (QED) is 0.679. The van der Waals surface area contributed by atoms with E-state index in [4.69, 9.17) is 9.26 Å². The Labute approximate surface area is 152 Å². The predicted molar refractivity (Wildman–Crippen MR) is 95.7 cm³/mol. The van der Waals surface area contributed by atoms with Gasteiger partial charge in [0.2, 0.25) is 5.88 Å². The van der Waals surface area contributed by atoms with Crippen LogP contribution in [0.25, 0.3) is 0 Å². The van der Waals surface area contributed by atoms with Gasteiger partial charge < -0.3 is 13.8 Å². The summed E-state index contributed by atoms with van der Waals surface area (Å²) in [7, 11) is 0. The number of hydrogen-bond acceptors (Lipinski definition) is 6. The second-order valence-corrected chi connectivity index (χ2v) is 6.60. The molecule has 3 aromatic heterocycles. The molecule has 1 atom stereocenters. The number of rotatable bonds is 6. The summed E-state index contributed by atoms with van der Waals surface area (Å²) >= 11 is 0. The van der Waals surface area contributed by atoms with E-state index in [1.54, 1.807) is 6.20 Å². The maximum Gasteiger partial charge on any atom is 0.213 e. The van der Waals surface area contributed by atoms with Crippen molar-refractivity contribution in [3.63, 3.8) is 0 Å². The van der Waals surface area contributed by atoms with Crippen LogP contribution in [0.5, 0.6) is 5.88 Å². The van der Waals surface area contributed by atoms with Crippen molar-refractivity contribution >= 4 is 0 Å². The third-order valence-corrected chi connectivity index (χ3v) is 4.79. The van der Waals surface area contributed by atoms with Crippen LogP contribution in [-0.2, 0) is 19.5 Å². The summed E-state index contributed by atoms with van der Waals surface area (Å²) < 4.78 is 13.2. The van der Waals surface area contributed by atoms with Gasteiger partial charge in [-0.05, 0) is 19.9 Å². The van der Waals surface area contributed by atoms with Crippen LogP contribution >= 0.6 is 0 Å². The minimum absolute atomic E-state index is 0.242. The maximum absolute atomic E-state index is 5.72. The molecule has 1 aliphatic rings. The third kappa shape index (κ3) is 3.48. The molecule has 4 rings (SSSR count). The van der Waals surface area contributed by atoms with E-state index in [0.717, 1.165) is 43.3 Å². The molecule has 7 heteroatoms. The summed E-state index contributed by atoms with van der Waals surface area (Å²) in [5.74, 6) is 2.61. The van der Waals surface area contributed by atoms with Crippen LogP contribution in [0.4, 0.5) is 0 Å². The first-order valence-electron chi connectivity index (χ1n) is 8.95. The van der Waals surface area contributed by atoms with Crippen LogP contribution in [-0.4, -0.2) is 37.7 Å². The van der Waals surface area contributed by atoms with Crippen LogP contribution in [0.1, 0.15) is 35.9 Å². The minimum Gasteiger partial charge on any atom is -0.477 e. The van der Waals surface area contributed by atoms with Gasteiger partial charge in [-0.2, -0.15) is 0 Å². The molecule has 136 valence electrons. The van der Waals surface area contributed by atoms with Crippen LogP contribution in [0, 0.1) is 6.92 Å². The molecule has 0 saturated heterocycles. The van der Waals surface area contributed by atoms with Gasteiger partial charge in [0.05, 0.1) is 18.3 Å². The molecule has 4 heterocycles. The number of aryl methyl sites for hydroxylation is 1. The van der Waals surface area contributed by atoms with Gasteiger partial charge in [-0.1, -0.05) is 11.2 Å². The van der Waals surface area contributed by atoms with Gasteiger partial charge in [-0.25, -0.2) is 9.97 Å². The summed E-state index contributed by atoms with van der Waals surface area (Å²) in [4.78, 5) is 11.2. The number of hydrogen-bond donors (Lipinski definition) is 0. The highest BCUT2D eigenvalue weighted by Gasteiger charge is 2.27. The number of aromatic nitrogens is 4. The normalized spacial score (nSPS) is 17.2. The van der Waals surface area contributed by atoms with Gasteiger partial charge >= 0.3 is 0 Å². The summed E-state index contributed by atoms with van der Waals surface area (Å²) in [6, 6.07) is 7.92. The molecule has 3 aromatic rings. The highest BCUT2D eigenvalue weighted by atomic mass is 16.5. The molecule has 0 bridgehead atoms. The lowest BCUT2D eigenvalue weighted by Crippen LogP contribution is -2.37. The molecular formula is C19H23N5O2. The molecule has 7 nitrogen and oxygen atoms in total. The second kappa shape index (κ2) is 7.29. The van der Waals surface area contributed by atoms with Crippen molar-refractivity contribution in [2.45, 2.75) is 39.4 Å². The Balaban J connectivity index is 1.39. The lowest BCUT2D eigenvalue weighted by Gasteiger charge is -2.33. The molecule has 26 heavy (non-hydrogen) atoms. The summed E-state index contributed by atoms with van der Waals surface area (Å²) in [6.07, 6.45) is 4.53. The smallest absolute Gasteiger partial charge is 0.213 e. The molecule has 1 aliphatic heterocycles. The first-order valence-corrected chi connectivity index (χ1v) is 8.95. The van der Waals surface area contributed by atoms with Crippen LogP contribution in [0.2, 0.25) is 0 Å². The zero-order valence-corrected chi connectivity index (χ0v) is 15.1. The van der Waals surface area contributed by atoms with Crippen molar-refractivity contribution < 1.29 is 9.26 Å². The Kier molecular flexibility index (Phi) is 4.71. The zero-order chi connectivity index (χ0) is 17.9. The topological polar surface area (TPSA) is 69.2 Å². The minimum atomic E-state index is 0.242. The summed E-state index contributed by atoms with van der Waals surface area (Å²) in [5, 5.41) is 4.11. The number of pyridine rings is 1. The van der Waals surface area contributed by atoms with Crippen molar-refractivity contribution in [1.82, 2.24) is 24.6 Å². The number of nitrogens with zero attached hydrogens (tertiary/aromatic N) is 5. The van der Waals surface area contributed by atoms with Crippen molar-refractivity contribution in [2.24, 2.45) is 0 Å². The van der Waals surface area contributed by atoms with Crippen molar-refractivity contribution in [3.05, 3.63) is 59.6 Å². The van der Waals surface area contributed by atoms with Crippen molar-refractivity contribution in [3.8, 4) is 5.88 Å². The molecule has 0 aromatic carbocycles. The fourth-order valence-electron chi connectivity index (χ4n) is 3.41. The molecule has 0 saturated carbocycles. The van der Waals surface area contributed by atoms with Crippen molar-refractivity contribution in [2.75, 3.05) is 13.2 Å². The highest BCUT2D eigenvalue weighted by molar-refractivity contribution is 5.13. The van der Waals surface area contributed by atoms with E-state index < -0.39 is 0 Å². The average molecular weight is 353 g/mol. The van der Waals surface area contributed by atoms with E-state index in [1.165, 1.54) is 5.69 Å². The lowest BCUT2D eigenvalue weighted by molar-refractivity contribution is 0.150. The number of fused-ring (bicyclic) bond motifs is 1. The Morgan fingerprint density at radius 2 is 2.19 bits per heavy atom. The third-order valence-electron chi connectivity index (χ3n) is 4.79. The van der Waals surface area contributed by atoms with E-state index in [1.807, 2.05) is 37.4 Å². The van der Waals surface area contributed by atoms with Crippen LogP contribution in [0.3, 0.4) is 0 Å². The molecule has 0 fully saturated rings. The molecule has 0 N–H and O–H groups in total. The molecule has 0 aliphatic carbocycles.